The van der Waals surface area contributed by atoms with Crippen molar-refractivity contribution in [3.63, 3.8) is 0 Å². The van der Waals surface area contributed by atoms with Crippen LogP contribution < -0.4 is 10.1 Å². The van der Waals surface area contributed by atoms with Crippen LogP contribution in [0.3, 0.4) is 0 Å². The van der Waals surface area contributed by atoms with Crippen molar-refractivity contribution in [2.45, 2.75) is 6.18 Å². The van der Waals surface area contributed by atoms with Crippen LogP contribution in [0.4, 0.5) is 13.2 Å². The van der Waals surface area contributed by atoms with E-state index in [0.717, 1.165) is 6.08 Å². The highest BCUT2D eigenvalue weighted by atomic mass is 19.4. The van der Waals surface area contributed by atoms with E-state index in [4.69, 9.17) is 4.74 Å². The maximum absolute atomic E-state index is 11.8. The Morgan fingerprint density at radius 1 is 1.39 bits per heavy atom. The number of rotatable bonds is 4. The fourth-order valence-corrected chi connectivity index (χ4v) is 1.22. The number of carbonyl (C=O) groups is 1. The highest BCUT2D eigenvalue weighted by Crippen LogP contribution is 2.18. The molecule has 1 aromatic carbocycles. The fraction of sp³-hybridized carbons (Fsp3) is 0.250. The van der Waals surface area contributed by atoms with Crippen molar-refractivity contribution in [2.75, 3.05) is 13.7 Å². The molecule has 0 aliphatic carbocycles. The lowest BCUT2D eigenvalue weighted by atomic mass is 10.2. The van der Waals surface area contributed by atoms with Crippen LogP contribution in [0, 0.1) is 0 Å². The topological polar surface area (TPSA) is 38.3 Å². The minimum Gasteiger partial charge on any atom is -0.496 e. The number of nitrogens with one attached hydrogen (secondary N) is 1. The van der Waals surface area contributed by atoms with Gasteiger partial charge in [0.2, 0.25) is 5.91 Å². The van der Waals surface area contributed by atoms with Gasteiger partial charge in [-0.25, -0.2) is 0 Å². The van der Waals surface area contributed by atoms with Crippen molar-refractivity contribution in [3.8, 4) is 5.75 Å². The first-order valence-corrected chi connectivity index (χ1v) is 5.08. The molecule has 0 aliphatic heterocycles. The first-order chi connectivity index (χ1) is 8.42. The number of ether oxygens (including phenoxy) is 1. The van der Waals surface area contributed by atoms with Gasteiger partial charge in [0.15, 0.2) is 0 Å². The zero-order valence-electron chi connectivity index (χ0n) is 9.62. The summed E-state index contributed by atoms with van der Waals surface area (Å²) < 4.78 is 40.5. The standard InChI is InChI=1S/C12H12F3NO2/c1-18-10-5-3-2-4-9(10)6-7-11(17)16-8-12(13,14)15/h2-7H,8H2,1H3,(H,16,17)/b7-6+. The number of carbonyl (C=O) groups excluding carboxylic acids is 1. The van der Waals surface area contributed by atoms with Crippen LogP contribution in [0.15, 0.2) is 30.3 Å². The lowest BCUT2D eigenvalue weighted by Crippen LogP contribution is -2.32. The summed E-state index contributed by atoms with van der Waals surface area (Å²) in [7, 11) is 1.47. The Hall–Kier alpha value is -1.98. The van der Waals surface area contributed by atoms with Crippen LogP contribution in [-0.2, 0) is 4.79 Å². The third kappa shape index (κ3) is 4.90. The summed E-state index contributed by atoms with van der Waals surface area (Å²) in [5.41, 5.74) is 0.613. The van der Waals surface area contributed by atoms with E-state index in [1.807, 2.05) is 0 Å². The monoisotopic (exact) mass is 259 g/mol. The number of alkyl halides is 3. The number of hydrogen-bond acceptors (Lipinski definition) is 2. The lowest BCUT2D eigenvalue weighted by Gasteiger charge is -2.06. The van der Waals surface area contributed by atoms with E-state index < -0.39 is 18.6 Å². The molecule has 18 heavy (non-hydrogen) atoms. The van der Waals surface area contributed by atoms with Gasteiger partial charge in [0, 0.05) is 11.6 Å². The van der Waals surface area contributed by atoms with Crippen LogP contribution in [0.1, 0.15) is 5.56 Å². The minimum atomic E-state index is -4.41. The minimum absolute atomic E-state index is 0.539. The molecule has 1 rings (SSSR count). The molecule has 0 heterocycles. The van der Waals surface area contributed by atoms with Gasteiger partial charge in [-0.05, 0) is 12.1 Å². The number of halogens is 3. The fourth-order valence-electron chi connectivity index (χ4n) is 1.22. The highest BCUT2D eigenvalue weighted by molar-refractivity contribution is 5.92. The van der Waals surface area contributed by atoms with E-state index >= 15 is 0 Å². The van der Waals surface area contributed by atoms with Crippen molar-refractivity contribution in [2.24, 2.45) is 0 Å². The summed E-state index contributed by atoms with van der Waals surface area (Å²) in [6, 6.07) is 6.86. The van der Waals surface area contributed by atoms with Crippen molar-refractivity contribution in [1.29, 1.82) is 0 Å². The molecular formula is C12H12F3NO2. The molecule has 98 valence electrons. The Balaban J connectivity index is 2.61. The van der Waals surface area contributed by atoms with Gasteiger partial charge in [-0.1, -0.05) is 18.2 Å². The molecular weight excluding hydrogens is 247 g/mol. The average molecular weight is 259 g/mol. The molecule has 0 saturated carbocycles. The number of benzene rings is 1. The number of amides is 1. The summed E-state index contributed by atoms with van der Waals surface area (Å²) >= 11 is 0. The Labute approximate surface area is 102 Å². The Bertz CT molecular complexity index is 441. The number of para-hydroxylation sites is 1. The van der Waals surface area contributed by atoms with Crippen LogP contribution in [0.2, 0.25) is 0 Å². The maximum atomic E-state index is 11.8. The molecule has 3 nitrogen and oxygen atoms in total. The lowest BCUT2D eigenvalue weighted by molar-refractivity contribution is -0.135. The molecule has 0 aliphatic rings. The van der Waals surface area contributed by atoms with Crippen LogP contribution in [-0.4, -0.2) is 25.7 Å². The first kappa shape index (κ1) is 14.1. The summed E-state index contributed by atoms with van der Waals surface area (Å²) in [5.74, 6) is -0.268. The zero-order chi connectivity index (χ0) is 13.6. The molecule has 0 radical (unpaired) electrons. The first-order valence-electron chi connectivity index (χ1n) is 5.08. The van der Waals surface area contributed by atoms with Crippen molar-refractivity contribution >= 4 is 12.0 Å². The van der Waals surface area contributed by atoms with Crippen LogP contribution in [0.25, 0.3) is 6.08 Å². The van der Waals surface area contributed by atoms with E-state index in [1.54, 1.807) is 29.6 Å². The third-order valence-corrected chi connectivity index (χ3v) is 2.02. The average Bonchev–Trinajstić information content (AvgIpc) is 2.33. The molecule has 0 fully saturated rings. The van der Waals surface area contributed by atoms with E-state index in [0.29, 0.717) is 11.3 Å². The molecule has 1 N–H and O–H groups in total. The molecule has 0 unspecified atom stereocenters. The van der Waals surface area contributed by atoms with Gasteiger partial charge in [0.05, 0.1) is 7.11 Å². The van der Waals surface area contributed by atoms with Crippen molar-refractivity contribution < 1.29 is 22.7 Å². The van der Waals surface area contributed by atoms with Crippen LogP contribution in [0.5, 0.6) is 5.75 Å². The second-order valence-electron chi connectivity index (χ2n) is 3.41. The Kier molecular flexibility index (Phi) is 4.76. The predicted molar refractivity (Wildman–Crippen MR) is 61.1 cm³/mol. The SMILES string of the molecule is COc1ccccc1/C=C/C(=O)NCC(F)(F)F. The van der Waals surface area contributed by atoms with Crippen molar-refractivity contribution in [3.05, 3.63) is 35.9 Å². The molecule has 1 amide bonds. The molecule has 0 spiro atoms. The summed E-state index contributed by atoms with van der Waals surface area (Å²) in [4.78, 5) is 11.1. The molecule has 6 heteroatoms. The van der Waals surface area contributed by atoms with E-state index in [-0.39, 0.29) is 0 Å². The predicted octanol–water partition coefficient (Wildman–Crippen LogP) is 2.39. The van der Waals surface area contributed by atoms with Gasteiger partial charge in [0.25, 0.3) is 0 Å². The smallest absolute Gasteiger partial charge is 0.405 e. The van der Waals surface area contributed by atoms with E-state index in [9.17, 15) is 18.0 Å². The molecule has 0 aromatic heterocycles. The largest absolute Gasteiger partial charge is 0.496 e. The van der Waals surface area contributed by atoms with Gasteiger partial charge >= 0.3 is 6.18 Å². The van der Waals surface area contributed by atoms with Crippen LogP contribution >= 0.6 is 0 Å². The van der Waals surface area contributed by atoms with Gasteiger partial charge < -0.3 is 10.1 Å². The quantitative estimate of drug-likeness (QED) is 0.843. The number of hydrogen-bond donors (Lipinski definition) is 1. The molecule has 1 aromatic rings. The van der Waals surface area contributed by atoms with Gasteiger partial charge in [-0.3, -0.25) is 4.79 Å². The molecule has 0 saturated heterocycles. The third-order valence-electron chi connectivity index (χ3n) is 2.02. The van der Waals surface area contributed by atoms with Gasteiger partial charge in [-0.15, -0.1) is 0 Å². The second-order valence-corrected chi connectivity index (χ2v) is 3.41. The number of methoxy groups -OCH3 is 1. The summed E-state index contributed by atoms with van der Waals surface area (Å²) in [5, 5.41) is 1.74. The van der Waals surface area contributed by atoms with Gasteiger partial charge in [0.1, 0.15) is 12.3 Å². The van der Waals surface area contributed by atoms with E-state index in [2.05, 4.69) is 0 Å². The molecule has 0 atom stereocenters. The molecule has 0 bridgehead atoms. The normalized spacial score (nSPS) is 11.6. The highest BCUT2D eigenvalue weighted by Gasteiger charge is 2.27. The zero-order valence-corrected chi connectivity index (χ0v) is 9.62. The second kappa shape index (κ2) is 6.09. The Morgan fingerprint density at radius 2 is 2.06 bits per heavy atom. The van der Waals surface area contributed by atoms with Crippen molar-refractivity contribution in [1.82, 2.24) is 5.32 Å². The summed E-state index contributed by atoms with van der Waals surface area (Å²) in [6.45, 7) is -1.35. The summed E-state index contributed by atoms with van der Waals surface area (Å²) in [6.07, 6.45) is -1.98. The Morgan fingerprint density at radius 3 is 2.67 bits per heavy atom. The maximum Gasteiger partial charge on any atom is 0.405 e. The van der Waals surface area contributed by atoms with Gasteiger partial charge in [-0.2, -0.15) is 13.2 Å². The van der Waals surface area contributed by atoms with E-state index in [1.165, 1.54) is 13.2 Å².